The third-order valence-electron chi connectivity index (χ3n) is 3.67. The molecular weight excluding hydrogens is 266 g/mol. The highest BCUT2D eigenvalue weighted by molar-refractivity contribution is 6.22. The van der Waals surface area contributed by atoms with Gasteiger partial charge in [-0.1, -0.05) is 30.3 Å². The normalized spacial score (nSPS) is 18.5. The number of rotatable bonds is 4. The first-order valence-corrected chi connectivity index (χ1v) is 7.05. The number of nitrogens with one attached hydrogen (secondary N) is 1. The smallest absolute Gasteiger partial charge is 0.348 e. The Bertz CT molecular complexity index is 614. The molecule has 110 valence electrons. The molecule has 0 aromatic heterocycles. The zero-order valence-corrected chi connectivity index (χ0v) is 12.6. The fraction of sp³-hybridized carbons (Fsp3) is 0.294. The Hall–Kier alpha value is -2.20. The number of carbonyl (C=O) groups excluding carboxylic acids is 2. The minimum absolute atomic E-state index is 0.161. The Kier molecular flexibility index (Phi) is 4.70. The third-order valence-corrected chi connectivity index (χ3v) is 3.67. The number of benzene rings is 1. The van der Waals surface area contributed by atoms with Crippen LogP contribution in [0.5, 0.6) is 0 Å². The van der Waals surface area contributed by atoms with Crippen LogP contribution in [0, 0.1) is 0 Å². The number of allylic oxidation sites excluding steroid dienone is 3. The molecule has 1 N–H and O–H groups in total. The fourth-order valence-electron chi connectivity index (χ4n) is 2.58. The molecule has 1 heterocycles. The van der Waals surface area contributed by atoms with Crippen molar-refractivity contribution < 1.29 is 19.2 Å². The van der Waals surface area contributed by atoms with E-state index >= 15 is 0 Å². The number of quaternary nitrogens is 1. The maximum Gasteiger partial charge on any atom is 0.348 e. The van der Waals surface area contributed by atoms with Crippen LogP contribution in [0.1, 0.15) is 26.3 Å². The molecule has 0 bridgehead atoms. The molecule has 0 spiro atoms. The second-order valence-electron chi connectivity index (χ2n) is 5.09. The van der Waals surface area contributed by atoms with Crippen molar-refractivity contribution in [3.8, 4) is 0 Å². The summed E-state index contributed by atoms with van der Waals surface area (Å²) in [6, 6.07) is 9.43. The third kappa shape index (κ3) is 3.28. The van der Waals surface area contributed by atoms with Gasteiger partial charge < -0.3 is 4.74 Å². The molecule has 1 atom stereocenters. The van der Waals surface area contributed by atoms with Crippen LogP contribution in [0.25, 0.3) is 0 Å². The molecule has 0 saturated heterocycles. The van der Waals surface area contributed by atoms with Gasteiger partial charge in [-0.25, -0.2) is 4.79 Å². The van der Waals surface area contributed by atoms with E-state index in [9.17, 15) is 9.59 Å². The van der Waals surface area contributed by atoms with Gasteiger partial charge in [0.15, 0.2) is 5.57 Å². The zero-order chi connectivity index (χ0) is 15.4. The number of hydrogen-bond donors (Lipinski definition) is 1. The lowest BCUT2D eigenvalue weighted by Gasteiger charge is -2.23. The van der Waals surface area contributed by atoms with Crippen LogP contribution in [0.3, 0.4) is 0 Å². The first-order valence-electron chi connectivity index (χ1n) is 7.05. The summed E-state index contributed by atoms with van der Waals surface area (Å²) in [6.45, 7) is 6.68. The van der Waals surface area contributed by atoms with Gasteiger partial charge in [0.1, 0.15) is 18.0 Å². The molecule has 21 heavy (non-hydrogen) atoms. The number of carbonyl (C=O) groups is 2. The van der Waals surface area contributed by atoms with Crippen LogP contribution in [0.15, 0.2) is 53.4 Å². The Morgan fingerprint density at radius 1 is 1.19 bits per heavy atom. The highest BCUT2D eigenvalue weighted by atomic mass is 16.5. The largest absolute Gasteiger partial charge is 0.457 e. The van der Waals surface area contributed by atoms with E-state index in [0.29, 0.717) is 0 Å². The summed E-state index contributed by atoms with van der Waals surface area (Å²) in [6.07, 6.45) is 1.52. The van der Waals surface area contributed by atoms with Crippen molar-refractivity contribution in [2.45, 2.75) is 27.4 Å². The van der Waals surface area contributed by atoms with Crippen LogP contribution in [0.4, 0.5) is 0 Å². The summed E-state index contributed by atoms with van der Waals surface area (Å²) in [7, 11) is 0. The molecule has 1 aliphatic heterocycles. The summed E-state index contributed by atoms with van der Waals surface area (Å²) in [5.41, 5.74) is 2.73. The lowest BCUT2D eigenvalue weighted by atomic mass is 10.0. The van der Waals surface area contributed by atoms with Crippen molar-refractivity contribution in [3.05, 3.63) is 58.9 Å². The zero-order valence-electron chi connectivity index (χ0n) is 12.6. The van der Waals surface area contributed by atoms with Gasteiger partial charge >= 0.3 is 5.97 Å². The minimum atomic E-state index is -0.545. The van der Waals surface area contributed by atoms with Crippen molar-refractivity contribution >= 4 is 11.8 Å². The van der Waals surface area contributed by atoms with Gasteiger partial charge in [0.05, 0.1) is 6.54 Å². The van der Waals surface area contributed by atoms with Crippen LogP contribution in [0.2, 0.25) is 0 Å². The highest BCUT2D eigenvalue weighted by Crippen LogP contribution is 2.12. The van der Waals surface area contributed by atoms with E-state index in [2.05, 4.69) is 0 Å². The van der Waals surface area contributed by atoms with E-state index < -0.39 is 5.97 Å². The van der Waals surface area contributed by atoms with Crippen molar-refractivity contribution in [3.63, 3.8) is 0 Å². The van der Waals surface area contributed by atoms with Crippen molar-refractivity contribution in [2.75, 3.05) is 6.54 Å². The Balaban J connectivity index is 2.14. The van der Waals surface area contributed by atoms with Crippen molar-refractivity contribution in [1.29, 1.82) is 0 Å². The maximum absolute atomic E-state index is 12.2. The molecule has 0 fully saturated rings. The molecule has 1 aliphatic rings. The van der Waals surface area contributed by atoms with E-state index in [0.717, 1.165) is 28.4 Å². The van der Waals surface area contributed by atoms with Gasteiger partial charge in [-0.05, 0) is 12.5 Å². The summed E-state index contributed by atoms with van der Waals surface area (Å²) >= 11 is 0. The molecule has 4 heteroatoms. The first-order chi connectivity index (χ1) is 10.0. The number of ketones is 1. The summed E-state index contributed by atoms with van der Waals surface area (Å²) in [5.74, 6) is -0.809. The average Bonchev–Trinajstić information content (AvgIpc) is 2.46. The van der Waals surface area contributed by atoms with Gasteiger partial charge in [-0.15, -0.1) is 0 Å². The molecule has 0 radical (unpaired) electrons. The Morgan fingerprint density at radius 3 is 2.48 bits per heavy atom. The first kappa shape index (κ1) is 15.2. The summed E-state index contributed by atoms with van der Waals surface area (Å²) in [4.78, 5) is 25.3. The molecule has 1 aromatic rings. The van der Waals surface area contributed by atoms with Gasteiger partial charge in [0.25, 0.3) is 0 Å². The fourth-order valence-corrected chi connectivity index (χ4v) is 2.58. The second kappa shape index (κ2) is 6.50. The Morgan fingerprint density at radius 2 is 1.86 bits per heavy atom. The maximum atomic E-state index is 12.2. The lowest BCUT2D eigenvalue weighted by molar-refractivity contribution is -0.818. The number of hydrogen-bond acceptors (Lipinski definition) is 3. The molecule has 0 amide bonds. The van der Waals surface area contributed by atoms with E-state index in [1.807, 2.05) is 51.1 Å². The van der Waals surface area contributed by atoms with Crippen LogP contribution >= 0.6 is 0 Å². The minimum Gasteiger partial charge on any atom is -0.457 e. The van der Waals surface area contributed by atoms with Gasteiger partial charge in [-0.3, -0.25) is 9.69 Å². The molecule has 2 rings (SSSR count). The Labute approximate surface area is 124 Å². The quantitative estimate of drug-likeness (QED) is 0.672. The van der Waals surface area contributed by atoms with Crippen LogP contribution < -0.4 is 4.90 Å². The summed E-state index contributed by atoms with van der Waals surface area (Å²) < 4.78 is 5.28. The lowest BCUT2D eigenvalue weighted by Crippen LogP contribution is -3.08. The van der Waals surface area contributed by atoms with Crippen LogP contribution in [-0.2, 0) is 20.9 Å². The van der Waals surface area contributed by atoms with Crippen molar-refractivity contribution in [2.24, 2.45) is 0 Å². The SMILES string of the molecule is CC[NH+]1C(C)=CC(=O)C(C(=O)OCc2ccccc2)=C1C. The van der Waals surface area contributed by atoms with E-state index in [-0.39, 0.29) is 18.0 Å². The topological polar surface area (TPSA) is 47.8 Å². The van der Waals surface area contributed by atoms with E-state index in [4.69, 9.17) is 4.74 Å². The van der Waals surface area contributed by atoms with Gasteiger partial charge in [-0.2, -0.15) is 0 Å². The molecule has 1 unspecified atom stereocenters. The van der Waals surface area contributed by atoms with E-state index in [1.165, 1.54) is 6.08 Å². The second-order valence-corrected chi connectivity index (χ2v) is 5.09. The molecular formula is C17H20NO3+. The standard InChI is InChI=1S/C17H19NO3/c1-4-18-12(2)10-15(19)16(13(18)3)17(20)21-11-14-8-6-5-7-9-14/h5-10H,4,11H2,1-3H3/p+1. The predicted octanol–water partition coefficient (Wildman–Crippen LogP) is 1.40. The number of esters is 1. The highest BCUT2D eigenvalue weighted by Gasteiger charge is 2.32. The van der Waals surface area contributed by atoms with Gasteiger partial charge in [0.2, 0.25) is 5.78 Å². The summed E-state index contributed by atoms with van der Waals surface area (Å²) in [5, 5.41) is 0. The monoisotopic (exact) mass is 286 g/mol. The average molecular weight is 286 g/mol. The van der Waals surface area contributed by atoms with Crippen molar-refractivity contribution in [1.82, 2.24) is 0 Å². The molecule has 4 nitrogen and oxygen atoms in total. The molecule has 0 saturated carbocycles. The predicted molar refractivity (Wildman–Crippen MR) is 79.2 cm³/mol. The van der Waals surface area contributed by atoms with E-state index in [1.54, 1.807) is 0 Å². The van der Waals surface area contributed by atoms with Gasteiger partial charge in [0, 0.05) is 19.9 Å². The molecule has 0 aliphatic carbocycles. The molecule has 1 aromatic carbocycles. The number of ether oxygens (including phenoxy) is 1. The van der Waals surface area contributed by atoms with Crippen LogP contribution in [-0.4, -0.2) is 18.3 Å².